The molecule has 0 fully saturated rings. The summed E-state index contributed by atoms with van der Waals surface area (Å²) in [6.45, 7) is 1.75. The number of nitrogens with one attached hydrogen (secondary N) is 1. The number of nitrogens with two attached hydrogens (primary N) is 1. The maximum Gasteiger partial charge on any atom is 0.342 e. The van der Waals surface area contributed by atoms with Crippen LogP contribution >= 0.6 is 11.6 Å². The molecule has 0 radical (unpaired) electrons. The molecule has 1 heterocycles. The third kappa shape index (κ3) is 2.60. The number of rotatable bonds is 3. The molecular weight excluding hydrogens is 212 g/mol. The molecule has 14 heavy (non-hydrogen) atoms. The van der Waals surface area contributed by atoms with Crippen LogP contribution in [0.4, 0.5) is 8.78 Å². The first-order valence-electron chi connectivity index (χ1n) is 3.89. The Labute approximate surface area is 85.2 Å². The van der Waals surface area contributed by atoms with Crippen molar-refractivity contribution >= 4 is 11.6 Å². The zero-order valence-corrected chi connectivity index (χ0v) is 8.22. The molecule has 1 aromatic rings. The minimum atomic E-state index is -3.44. The summed E-state index contributed by atoms with van der Waals surface area (Å²) in [6, 6.07) is 0.116. The van der Waals surface area contributed by atoms with Crippen molar-refractivity contribution in [1.82, 2.24) is 10.4 Å². The van der Waals surface area contributed by atoms with Gasteiger partial charge in [-0.15, -0.1) is 0 Å². The van der Waals surface area contributed by atoms with E-state index in [-0.39, 0.29) is 5.56 Å². The first kappa shape index (κ1) is 11.3. The Kier molecular flexibility index (Phi) is 3.36. The Morgan fingerprint density at radius 3 is 2.64 bits per heavy atom. The van der Waals surface area contributed by atoms with Gasteiger partial charge in [0, 0.05) is 12.4 Å². The lowest BCUT2D eigenvalue weighted by molar-refractivity contribution is 0.0496. The summed E-state index contributed by atoms with van der Waals surface area (Å²) in [5.41, 5.74) is 2.99. The quantitative estimate of drug-likeness (QED) is 0.464. The van der Waals surface area contributed by atoms with Crippen LogP contribution in [-0.2, 0) is 0 Å². The molecule has 1 atom stereocenters. The number of aryl methyl sites for hydroxylation is 1. The number of hydrogen-bond donors (Lipinski definition) is 2. The van der Waals surface area contributed by atoms with Crippen molar-refractivity contribution in [2.75, 3.05) is 0 Å². The standard InChI is InChI=1S/C8H10ClF2N3/c1-5-2-6(4-13-3-5)7(14-12)8(9,10)11/h2-4,7,14H,12H2,1H3. The minimum absolute atomic E-state index is 0.257. The van der Waals surface area contributed by atoms with E-state index in [1.165, 1.54) is 6.20 Å². The van der Waals surface area contributed by atoms with Gasteiger partial charge in [0.1, 0.15) is 6.04 Å². The number of aromatic nitrogens is 1. The first-order chi connectivity index (χ1) is 6.45. The van der Waals surface area contributed by atoms with Gasteiger partial charge in [-0.1, -0.05) is 6.07 Å². The van der Waals surface area contributed by atoms with Gasteiger partial charge in [-0.3, -0.25) is 10.8 Å². The maximum absolute atomic E-state index is 12.8. The molecule has 0 spiro atoms. The van der Waals surface area contributed by atoms with Crippen LogP contribution in [0.15, 0.2) is 18.5 Å². The van der Waals surface area contributed by atoms with Gasteiger partial charge in [0.15, 0.2) is 0 Å². The number of nitrogens with zero attached hydrogens (tertiary/aromatic N) is 1. The van der Waals surface area contributed by atoms with E-state index in [0.717, 1.165) is 5.56 Å². The van der Waals surface area contributed by atoms with E-state index < -0.39 is 11.4 Å². The molecule has 3 N–H and O–H groups in total. The summed E-state index contributed by atoms with van der Waals surface area (Å²) in [4.78, 5) is 3.78. The predicted molar refractivity (Wildman–Crippen MR) is 49.8 cm³/mol. The normalized spacial score (nSPS) is 14.1. The first-order valence-corrected chi connectivity index (χ1v) is 4.27. The van der Waals surface area contributed by atoms with Crippen LogP contribution in [0.5, 0.6) is 0 Å². The summed E-state index contributed by atoms with van der Waals surface area (Å²) < 4.78 is 25.6. The van der Waals surface area contributed by atoms with Crippen LogP contribution in [0.25, 0.3) is 0 Å². The molecule has 1 unspecified atom stereocenters. The molecule has 6 heteroatoms. The number of halogens is 3. The molecule has 0 aliphatic carbocycles. The van der Waals surface area contributed by atoms with Crippen LogP contribution in [0.3, 0.4) is 0 Å². The van der Waals surface area contributed by atoms with Gasteiger partial charge in [0.2, 0.25) is 0 Å². The van der Waals surface area contributed by atoms with Gasteiger partial charge in [0.25, 0.3) is 0 Å². The molecule has 0 saturated carbocycles. The average Bonchev–Trinajstić information content (AvgIpc) is 2.02. The lowest BCUT2D eigenvalue weighted by atomic mass is 10.1. The average molecular weight is 222 g/mol. The number of pyridine rings is 1. The Bertz CT molecular complexity index is 314. The fourth-order valence-corrected chi connectivity index (χ4v) is 1.30. The Hall–Kier alpha value is -0.780. The van der Waals surface area contributed by atoms with Crippen LogP contribution < -0.4 is 11.3 Å². The largest absolute Gasteiger partial charge is 0.342 e. The molecule has 1 aromatic heterocycles. The van der Waals surface area contributed by atoms with Crippen molar-refractivity contribution in [2.45, 2.75) is 18.3 Å². The highest BCUT2D eigenvalue weighted by Gasteiger charge is 2.37. The Morgan fingerprint density at radius 1 is 1.57 bits per heavy atom. The van der Waals surface area contributed by atoms with Crippen LogP contribution in [-0.4, -0.2) is 10.4 Å². The lowest BCUT2D eigenvalue weighted by Gasteiger charge is -2.20. The molecule has 0 amide bonds. The monoisotopic (exact) mass is 221 g/mol. The number of hydrogen-bond acceptors (Lipinski definition) is 3. The van der Waals surface area contributed by atoms with Crippen LogP contribution in [0, 0.1) is 6.92 Å². The second kappa shape index (κ2) is 4.16. The molecule has 3 nitrogen and oxygen atoms in total. The topological polar surface area (TPSA) is 50.9 Å². The van der Waals surface area contributed by atoms with E-state index in [2.05, 4.69) is 4.98 Å². The van der Waals surface area contributed by atoms with Crippen molar-refractivity contribution in [3.63, 3.8) is 0 Å². The van der Waals surface area contributed by atoms with Gasteiger partial charge >= 0.3 is 5.38 Å². The second-order valence-electron chi connectivity index (χ2n) is 2.94. The van der Waals surface area contributed by atoms with Crippen LogP contribution in [0.1, 0.15) is 17.2 Å². The third-order valence-corrected chi connectivity index (χ3v) is 1.94. The zero-order chi connectivity index (χ0) is 10.8. The Balaban J connectivity index is 3.01. The van der Waals surface area contributed by atoms with E-state index in [1.54, 1.807) is 19.2 Å². The SMILES string of the molecule is Cc1cncc(C(NN)C(F)(F)Cl)c1. The second-order valence-corrected chi connectivity index (χ2v) is 3.44. The molecular formula is C8H10ClF2N3. The zero-order valence-electron chi connectivity index (χ0n) is 7.47. The van der Waals surface area contributed by atoms with Gasteiger partial charge in [-0.25, -0.2) is 5.43 Å². The summed E-state index contributed by atoms with van der Waals surface area (Å²) in [6.07, 6.45) is 2.86. The molecule has 78 valence electrons. The van der Waals surface area contributed by atoms with Crippen molar-refractivity contribution in [1.29, 1.82) is 0 Å². The van der Waals surface area contributed by atoms with E-state index in [1.807, 2.05) is 5.43 Å². The van der Waals surface area contributed by atoms with E-state index in [4.69, 9.17) is 17.4 Å². The lowest BCUT2D eigenvalue weighted by Crippen LogP contribution is -2.37. The van der Waals surface area contributed by atoms with Crippen LogP contribution in [0.2, 0.25) is 0 Å². The van der Waals surface area contributed by atoms with Gasteiger partial charge < -0.3 is 0 Å². The number of alkyl halides is 3. The minimum Gasteiger partial charge on any atom is -0.271 e. The fourth-order valence-electron chi connectivity index (χ4n) is 1.12. The van der Waals surface area contributed by atoms with Gasteiger partial charge in [0.05, 0.1) is 0 Å². The van der Waals surface area contributed by atoms with Gasteiger partial charge in [-0.2, -0.15) is 8.78 Å². The highest BCUT2D eigenvalue weighted by atomic mass is 35.5. The maximum atomic E-state index is 12.8. The summed E-state index contributed by atoms with van der Waals surface area (Å²) in [7, 11) is 0. The number of hydrazine groups is 1. The van der Waals surface area contributed by atoms with Crippen molar-refractivity contribution in [2.24, 2.45) is 5.84 Å². The summed E-state index contributed by atoms with van der Waals surface area (Å²) in [5, 5.41) is -3.44. The smallest absolute Gasteiger partial charge is 0.271 e. The van der Waals surface area contributed by atoms with Crippen molar-refractivity contribution < 1.29 is 8.78 Å². The van der Waals surface area contributed by atoms with E-state index in [9.17, 15) is 8.78 Å². The predicted octanol–water partition coefficient (Wildman–Crippen LogP) is 1.73. The van der Waals surface area contributed by atoms with Gasteiger partial charge in [-0.05, 0) is 29.7 Å². The third-order valence-electron chi connectivity index (χ3n) is 1.72. The molecule has 0 saturated heterocycles. The molecule has 1 rings (SSSR count). The van der Waals surface area contributed by atoms with E-state index in [0.29, 0.717) is 0 Å². The summed E-state index contributed by atoms with van der Waals surface area (Å²) in [5.74, 6) is 5.00. The van der Waals surface area contributed by atoms with Crippen molar-refractivity contribution in [3.8, 4) is 0 Å². The summed E-state index contributed by atoms with van der Waals surface area (Å²) >= 11 is 4.88. The molecule has 0 aromatic carbocycles. The van der Waals surface area contributed by atoms with E-state index >= 15 is 0 Å². The molecule has 0 aliphatic rings. The van der Waals surface area contributed by atoms with Crippen molar-refractivity contribution in [3.05, 3.63) is 29.6 Å². The highest BCUT2D eigenvalue weighted by molar-refractivity contribution is 6.22. The fraction of sp³-hybridized carbons (Fsp3) is 0.375. The molecule has 0 aliphatic heterocycles. The highest BCUT2D eigenvalue weighted by Crippen LogP contribution is 2.34. The molecule has 0 bridgehead atoms. The Morgan fingerprint density at radius 2 is 2.21 bits per heavy atom.